The third-order valence-corrected chi connectivity index (χ3v) is 2.71. The topological polar surface area (TPSA) is 33.2 Å². The zero-order chi connectivity index (χ0) is 10.6. The Morgan fingerprint density at radius 1 is 1.71 bits per heavy atom. The van der Waals surface area contributed by atoms with E-state index in [0.717, 1.165) is 17.1 Å². The second-order valence-electron chi connectivity index (χ2n) is 2.97. The number of nitrogens with zero attached hydrogens (tertiary/aromatic N) is 2. The van der Waals surface area contributed by atoms with Gasteiger partial charge in [0.1, 0.15) is 0 Å². The summed E-state index contributed by atoms with van der Waals surface area (Å²) in [6.45, 7) is 3.84. The van der Waals surface area contributed by atoms with Crippen molar-refractivity contribution in [3.63, 3.8) is 0 Å². The maximum atomic E-state index is 11.8. The maximum Gasteiger partial charge on any atom is 0.255 e. The lowest BCUT2D eigenvalue weighted by molar-refractivity contribution is -0.114. The molecule has 1 amide bonds. The minimum Gasteiger partial charge on any atom is -0.287 e. The predicted octanol–water partition coefficient (Wildman–Crippen LogP) is 2.46. The predicted molar refractivity (Wildman–Crippen MR) is 59.6 cm³/mol. The first-order valence-electron chi connectivity index (χ1n) is 4.51. The van der Waals surface area contributed by atoms with Crippen molar-refractivity contribution in [3.8, 4) is 0 Å². The monoisotopic (exact) mass is 210 g/mol. The summed E-state index contributed by atoms with van der Waals surface area (Å²) in [6, 6.07) is 0. The van der Waals surface area contributed by atoms with Gasteiger partial charge in [0.15, 0.2) is 5.13 Å². The summed E-state index contributed by atoms with van der Waals surface area (Å²) in [5, 5.41) is 2.59. The van der Waals surface area contributed by atoms with Gasteiger partial charge in [-0.3, -0.25) is 9.69 Å². The SMILES string of the molecule is CC/C=C(/C)C(=O)N(C)c1nccs1. The molecule has 1 aromatic rings. The minimum atomic E-state index is 0.0156. The molecule has 0 spiro atoms. The second kappa shape index (κ2) is 4.91. The van der Waals surface area contributed by atoms with Crippen LogP contribution < -0.4 is 4.90 Å². The normalized spacial score (nSPS) is 11.5. The Morgan fingerprint density at radius 2 is 2.43 bits per heavy atom. The van der Waals surface area contributed by atoms with Gasteiger partial charge in [-0.2, -0.15) is 0 Å². The molecule has 0 radical (unpaired) electrons. The highest BCUT2D eigenvalue weighted by Crippen LogP contribution is 2.17. The van der Waals surface area contributed by atoms with Crippen LogP contribution in [0.1, 0.15) is 20.3 Å². The molecule has 0 fully saturated rings. The van der Waals surface area contributed by atoms with Gasteiger partial charge in [0.05, 0.1) is 0 Å². The molecule has 0 aliphatic heterocycles. The summed E-state index contributed by atoms with van der Waals surface area (Å²) in [7, 11) is 1.74. The highest BCUT2D eigenvalue weighted by atomic mass is 32.1. The fourth-order valence-electron chi connectivity index (χ4n) is 1.13. The van der Waals surface area contributed by atoms with Crippen molar-refractivity contribution in [1.29, 1.82) is 0 Å². The first-order valence-corrected chi connectivity index (χ1v) is 5.39. The van der Waals surface area contributed by atoms with E-state index >= 15 is 0 Å². The van der Waals surface area contributed by atoms with Crippen LogP contribution in [0, 0.1) is 0 Å². The standard InChI is InChI=1S/C10H14N2OS/c1-4-5-8(2)9(13)12(3)10-11-6-7-14-10/h5-7H,4H2,1-3H3/b8-5-. The van der Waals surface area contributed by atoms with Crippen molar-refractivity contribution in [1.82, 2.24) is 4.98 Å². The molecule has 14 heavy (non-hydrogen) atoms. The van der Waals surface area contributed by atoms with E-state index in [-0.39, 0.29) is 5.91 Å². The van der Waals surface area contributed by atoms with Crippen molar-refractivity contribution in [2.24, 2.45) is 0 Å². The Hall–Kier alpha value is -1.16. The minimum absolute atomic E-state index is 0.0156. The largest absolute Gasteiger partial charge is 0.287 e. The average molecular weight is 210 g/mol. The Bertz CT molecular complexity index is 330. The maximum absolute atomic E-state index is 11.8. The number of allylic oxidation sites excluding steroid dienone is 1. The number of carbonyl (C=O) groups excluding carboxylic acids is 1. The summed E-state index contributed by atoms with van der Waals surface area (Å²) in [5.41, 5.74) is 0.769. The molecule has 0 aliphatic rings. The van der Waals surface area contributed by atoms with Crippen molar-refractivity contribution in [2.75, 3.05) is 11.9 Å². The van der Waals surface area contributed by atoms with Gasteiger partial charge in [0, 0.05) is 24.2 Å². The van der Waals surface area contributed by atoms with Gasteiger partial charge < -0.3 is 0 Å². The molecule has 4 heteroatoms. The summed E-state index contributed by atoms with van der Waals surface area (Å²) in [5.74, 6) is 0.0156. The molecule has 3 nitrogen and oxygen atoms in total. The van der Waals surface area contributed by atoms with Crippen LogP contribution in [0.25, 0.3) is 0 Å². The van der Waals surface area contributed by atoms with Gasteiger partial charge in [-0.15, -0.1) is 11.3 Å². The van der Waals surface area contributed by atoms with E-state index in [1.54, 1.807) is 18.1 Å². The van der Waals surface area contributed by atoms with E-state index in [9.17, 15) is 4.79 Å². The van der Waals surface area contributed by atoms with Gasteiger partial charge in [-0.1, -0.05) is 13.0 Å². The van der Waals surface area contributed by atoms with Gasteiger partial charge >= 0.3 is 0 Å². The van der Waals surface area contributed by atoms with Crippen molar-refractivity contribution in [3.05, 3.63) is 23.2 Å². The van der Waals surface area contributed by atoms with Crippen LogP contribution in [0.2, 0.25) is 0 Å². The Kier molecular flexibility index (Phi) is 3.83. The third-order valence-electron chi connectivity index (χ3n) is 1.86. The van der Waals surface area contributed by atoms with Crippen LogP contribution in [0.4, 0.5) is 5.13 Å². The third kappa shape index (κ3) is 2.42. The van der Waals surface area contributed by atoms with Gasteiger partial charge in [-0.25, -0.2) is 4.98 Å². The number of aromatic nitrogens is 1. The molecular formula is C10H14N2OS. The number of likely N-dealkylation sites (N-methyl/N-ethyl adjacent to an activating group) is 1. The second-order valence-corrected chi connectivity index (χ2v) is 3.85. The zero-order valence-corrected chi connectivity index (χ0v) is 9.47. The summed E-state index contributed by atoms with van der Waals surface area (Å²) in [4.78, 5) is 17.4. The molecule has 76 valence electrons. The fraction of sp³-hybridized carbons (Fsp3) is 0.400. The lowest BCUT2D eigenvalue weighted by Gasteiger charge is -2.13. The molecule has 0 saturated heterocycles. The van der Waals surface area contributed by atoms with Crippen LogP contribution in [-0.2, 0) is 4.79 Å². The molecule has 0 bridgehead atoms. The van der Waals surface area contributed by atoms with Gasteiger partial charge in [0.25, 0.3) is 5.91 Å². The molecule has 0 N–H and O–H groups in total. The Balaban J connectivity index is 2.76. The lowest BCUT2D eigenvalue weighted by atomic mass is 10.2. The number of hydrogen-bond donors (Lipinski definition) is 0. The Morgan fingerprint density at radius 3 is 2.93 bits per heavy atom. The summed E-state index contributed by atoms with van der Waals surface area (Å²) < 4.78 is 0. The molecule has 0 aliphatic carbocycles. The van der Waals surface area contributed by atoms with Crippen molar-refractivity contribution >= 4 is 22.4 Å². The van der Waals surface area contributed by atoms with E-state index in [2.05, 4.69) is 4.98 Å². The smallest absolute Gasteiger partial charge is 0.255 e. The first-order chi connectivity index (χ1) is 6.66. The number of thiazole rings is 1. The fourth-order valence-corrected chi connectivity index (χ4v) is 1.73. The number of rotatable bonds is 3. The van der Waals surface area contributed by atoms with E-state index in [0.29, 0.717) is 0 Å². The van der Waals surface area contributed by atoms with Crippen LogP contribution >= 0.6 is 11.3 Å². The quantitative estimate of drug-likeness (QED) is 0.718. The molecule has 1 heterocycles. The number of hydrogen-bond acceptors (Lipinski definition) is 3. The molecule has 0 aromatic carbocycles. The number of anilines is 1. The van der Waals surface area contributed by atoms with Crippen molar-refractivity contribution in [2.45, 2.75) is 20.3 Å². The number of amides is 1. The van der Waals surface area contributed by atoms with Crippen LogP contribution in [0.3, 0.4) is 0 Å². The highest BCUT2D eigenvalue weighted by Gasteiger charge is 2.13. The zero-order valence-electron chi connectivity index (χ0n) is 8.65. The molecular weight excluding hydrogens is 196 g/mol. The van der Waals surface area contributed by atoms with Gasteiger partial charge in [-0.05, 0) is 13.3 Å². The van der Waals surface area contributed by atoms with Crippen LogP contribution in [0.15, 0.2) is 23.2 Å². The van der Waals surface area contributed by atoms with E-state index in [1.807, 2.05) is 25.3 Å². The lowest BCUT2D eigenvalue weighted by Crippen LogP contribution is -2.26. The first kappa shape index (κ1) is 10.9. The molecule has 0 unspecified atom stereocenters. The van der Waals surface area contributed by atoms with E-state index in [1.165, 1.54) is 11.3 Å². The van der Waals surface area contributed by atoms with Gasteiger partial charge in [0.2, 0.25) is 0 Å². The average Bonchev–Trinajstić information content (AvgIpc) is 2.68. The summed E-state index contributed by atoms with van der Waals surface area (Å²) >= 11 is 1.46. The van der Waals surface area contributed by atoms with E-state index < -0.39 is 0 Å². The number of carbonyl (C=O) groups is 1. The molecule has 1 aromatic heterocycles. The highest BCUT2D eigenvalue weighted by molar-refractivity contribution is 7.13. The van der Waals surface area contributed by atoms with E-state index in [4.69, 9.17) is 0 Å². The summed E-state index contributed by atoms with van der Waals surface area (Å²) in [6.07, 6.45) is 4.50. The van der Waals surface area contributed by atoms with Crippen molar-refractivity contribution < 1.29 is 4.79 Å². The molecule has 0 atom stereocenters. The molecule has 0 saturated carbocycles. The Labute approximate surface area is 88.1 Å². The molecule has 1 rings (SSSR count). The van der Waals surface area contributed by atoms with Crippen LogP contribution in [0.5, 0.6) is 0 Å². The van der Waals surface area contributed by atoms with Crippen LogP contribution in [-0.4, -0.2) is 17.9 Å².